The Balaban J connectivity index is 4.50. The molecule has 0 radical (unpaired) electrons. The minimum atomic E-state index is -9.55. The lowest BCUT2D eigenvalue weighted by atomic mass is 10.5. The molecule has 2 nitrogen and oxygen atoms in total. The summed E-state index contributed by atoms with van der Waals surface area (Å²) in [7, 11) is -9.55. The maximum atomic E-state index is 11.8. The summed E-state index contributed by atoms with van der Waals surface area (Å²) < 4.78 is 63.3. The van der Waals surface area contributed by atoms with Crippen LogP contribution in [0.1, 0.15) is 6.92 Å². The number of alkyl halides is 1. The summed E-state index contributed by atoms with van der Waals surface area (Å²) in [4.78, 5) is 8.57. The summed E-state index contributed by atoms with van der Waals surface area (Å²) in [6.45, 7) is 1.19. The van der Waals surface area contributed by atoms with E-state index in [1.165, 1.54) is 6.92 Å². The van der Waals surface area contributed by atoms with E-state index in [-0.39, 0.29) is 6.61 Å². The third kappa shape index (κ3) is 7.36. The van der Waals surface area contributed by atoms with Gasteiger partial charge in [-0.15, -0.1) is 0 Å². The lowest BCUT2D eigenvalue weighted by Crippen LogP contribution is -2.28. The monoisotopic (exact) mass is 306 g/mol. The zero-order valence-electron chi connectivity index (χ0n) is 6.98. The van der Waals surface area contributed by atoms with Crippen molar-refractivity contribution in [2.75, 3.05) is 12.4 Å². The zero-order valence-corrected chi connectivity index (χ0v) is 9.39. The van der Waals surface area contributed by atoms with E-state index in [2.05, 4.69) is 20.7 Å². The maximum Gasteiger partial charge on any atom is 0.320 e. The van der Waals surface area contributed by atoms with Crippen LogP contribution >= 0.6 is 26.2 Å². The minimum Gasteiger partial charge on any atom is -0.465 e. The third-order valence-electron chi connectivity index (χ3n) is 1.00. The molecule has 14 heavy (non-hydrogen) atoms. The molecule has 0 saturated heterocycles. The molecule has 0 heterocycles. The van der Waals surface area contributed by atoms with Crippen LogP contribution in [-0.4, -0.2) is 23.2 Å². The summed E-state index contributed by atoms with van der Waals surface area (Å²) in [5, 5.41) is 0. The second-order valence-electron chi connectivity index (χ2n) is 2.52. The Bertz CT molecular complexity index is 236. The van der Waals surface area contributed by atoms with E-state index in [0.717, 1.165) is 0 Å². The van der Waals surface area contributed by atoms with Crippen molar-refractivity contribution >= 4 is 32.1 Å². The lowest BCUT2D eigenvalue weighted by molar-refractivity contribution is -0.141. The molecule has 0 N–H and O–H groups in total. The number of rotatable bonds is 4. The van der Waals surface area contributed by atoms with Crippen LogP contribution in [0, 0.1) is 0 Å². The van der Waals surface area contributed by atoms with Crippen molar-refractivity contribution in [1.82, 2.24) is 0 Å². The van der Waals surface area contributed by atoms with Gasteiger partial charge in [0, 0.05) is 0 Å². The summed E-state index contributed by atoms with van der Waals surface area (Å²) in [6.07, 6.45) is 0. The van der Waals surface area contributed by atoms with E-state index in [1.54, 1.807) is 0 Å². The highest BCUT2D eigenvalue weighted by Gasteiger charge is 2.65. The number of halogens is 6. The van der Waals surface area contributed by atoms with Gasteiger partial charge in [-0.1, -0.05) is 35.4 Å². The van der Waals surface area contributed by atoms with Gasteiger partial charge in [0.25, 0.3) is 10.2 Å². The average molecular weight is 307 g/mol. The van der Waals surface area contributed by atoms with Crippen molar-refractivity contribution in [2.24, 2.45) is 0 Å². The van der Waals surface area contributed by atoms with Crippen LogP contribution in [0.2, 0.25) is 0 Å². The van der Waals surface area contributed by atoms with Gasteiger partial charge in [-0.2, -0.15) is 0 Å². The highest BCUT2D eigenvalue weighted by atomic mass is 79.9. The molecule has 0 fully saturated rings. The Hall–Kier alpha value is -0.0500. The maximum absolute atomic E-state index is 11.8. The molecule has 0 aliphatic heterocycles. The van der Waals surface area contributed by atoms with E-state index in [4.69, 9.17) is 0 Å². The SMILES string of the molecule is CCOC(=O)C(Br)CS(F)(F)(F)(F)F. The first-order valence-electron chi connectivity index (χ1n) is 3.38. The summed E-state index contributed by atoms with van der Waals surface area (Å²) >= 11 is 2.21. The van der Waals surface area contributed by atoms with Crippen LogP contribution in [0.25, 0.3) is 0 Å². The highest BCUT2D eigenvalue weighted by Crippen LogP contribution is 2.98. The van der Waals surface area contributed by atoms with E-state index in [1.807, 2.05) is 0 Å². The smallest absolute Gasteiger partial charge is 0.320 e. The molecule has 0 saturated carbocycles. The van der Waals surface area contributed by atoms with Crippen LogP contribution in [0.3, 0.4) is 0 Å². The normalized spacial score (nSPS) is 19.4. The Kier molecular flexibility index (Phi) is 3.21. The molecular weight excluding hydrogens is 299 g/mol. The topological polar surface area (TPSA) is 26.3 Å². The quantitative estimate of drug-likeness (QED) is 0.450. The fourth-order valence-corrected chi connectivity index (χ4v) is 2.90. The Morgan fingerprint density at radius 2 is 1.79 bits per heavy atom. The zero-order chi connectivity index (χ0) is 11.7. The minimum absolute atomic E-state index is 0.165. The highest BCUT2D eigenvalue weighted by molar-refractivity contribution is 9.10. The third-order valence-corrected chi connectivity index (χ3v) is 3.09. The summed E-state index contributed by atoms with van der Waals surface area (Å²) in [5.41, 5.74) is 0. The average Bonchev–Trinajstić information content (AvgIpc) is 1.80. The van der Waals surface area contributed by atoms with Gasteiger partial charge in [0.15, 0.2) is 0 Å². The van der Waals surface area contributed by atoms with Crippen molar-refractivity contribution in [3.63, 3.8) is 0 Å². The van der Waals surface area contributed by atoms with Crippen molar-refractivity contribution in [2.45, 2.75) is 11.8 Å². The number of carbonyl (C=O) groups excluding carboxylic acids is 1. The van der Waals surface area contributed by atoms with Gasteiger partial charge in [0.2, 0.25) is 0 Å². The predicted molar refractivity (Wildman–Crippen MR) is 47.3 cm³/mol. The first-order chi connectivity index (χ1) is 5.84. The Morgan fingerprint density at radius 3 is 2.07 bits per heavy atom. The number of carbonyl (C=O) groups is 1. The molecule has 0 spiro atoms. The second kappa shape index (κ2) is 3.22. The van der Waals surface area contributed by atoms with Crippen molar-refractivity contribution < 1.29 is 29.0 Å². The van der Waals surface area contributed by atoms with Crippen LogP contribution in [0.5, 0.6) is 0 Å². The Morgan fingerprint density at radius 1 is 1.36 bits per heavy atom. The fourth-order valence-electron chi connectivity index (χ4n) is 0.577. The molecule has 0 rings (SSSR count). The molecular formula is C5H8BrF5O2S. The van der Waals surface area contributed by atoms with Gasteiger partial charge in [0.05, 0.1) is 6.61 Å². The Labute approximate surface area is 85.6 Å². The fraction of sp³-hybridized carbons (Fsp3) is 0.800. The molecule has 1 atom stereocenters. The van der Waals surface area contributed by atoms with Crippen LogP contribution in [0.15, 0.2) is 0 Å². The number of hydrogen-bond donors (Lipinski definition) is 0. The van der Waals surface area contributed by atoms with Crippen LogP contribution in [-0.2, 0) is 9.53 Å². The molecule has 0 bridgehead atoms. The molecule has 0 aliphatic carbocycles. The first kappa shape index (κ1) is 13.9. The van der Waals surface area contributed by atoms with Crippen LogP contribution in [0.4, 0.5) is 19.4 Å². The number of hydrogen-bond acceptors (Lipinski definition) is 2. The van der Waals surface area contributed by atoms with Gasteiger partial charge in [-0.05, 0) is 6.92 Å². The van der Waals surface area contributed by atoms with Gasteiger partial charge >= 0.3 is 5.97 Å². The standard InChI is InChI=1S/C5H8BrF5O2S/c1-2-13-5(12)4(6)3-14(7,8,9,10)11/h4H,2-3H2,1H3. The number of esters is 1. The molecule has 0 aliphatic rings. The van der Waals surface area contributed by atoms with Crippen molar-refractivity contribution in [3.8, 4) is 0 Å². The molecule has 1 unspecified atom stereocenters. The first-order valence-corrected chi connectivity index (χ1v) is 6.42. The van der Waals surface area contributed by atoms with Crippen molar-refractivity contribution in [3.05, 3.63) is 0 Å². The van der Waals surface area contributed by atoms with E-state index in [9.17, 15) is 24.2 Å². The van der Waals surface area contributed by atoms with Gasteiger partial charge < -0.3 is 4.74 Å². The van der Waals surface area contributed by atoms with E-state index in [0.29, 0.717) is 0 Å². The second-order valence-corrected chi connectivity index (χ2v) is 6.21. The van der Waals surface area contributed by atoms with Crippen molar-refractivity contribution in [1.29, 1.82) is 0 Å². The largest absolute Gasteiger partial charge is 0.465 e. The molecule has 0 aromatic carbocycles. The van der Waals surface area contributed by atoms with Gasteiger partial charge in [-0.3, -0.25) is 4.79 Å². The molecule has 0 amide bonds. The van der Waals surface area contributed by atoms with Crippen LogP contribution < -0.4 is 0 Å². The lowest BCUT2D eigenvalue weighted by Gasteiger charge is -2.41. The van der Waals surface area contributed by atoms with E-state index >= 15 is 0 Å². The van der Waals surface area contributed by atoms with Gasteiger partial charge in [-0.25, -0.2) is 0 Å². The molecule has 9 heteroatoms. The van der Waals surface area contributed by atoms with E-state index < -0.39 is 26.8 Å². The molecule has 0 aromatic heterocycles. The molecule has 0 aromatic rings. The molecule has 88 valence electrons. The van der Waals surface area contributed by atoms with Gasteiger partial charge in [0.1, 0.15) is 10.6 Å². The predicted octanol–water partition coefficient (Wildman–Crippen LogP) is 3.61. The number of ether oxygens (including phenoxy) is 1. The summed E-state index contributed by atoms with van der Waals surface area (Å²) in [6, 6.07) is 0. The summed E-state index contributed by atoms with van der Waals surface area (Å²) in [5.74, 6) is -3.83.